The summed E-state index contributed by atoms with van der Waals surface area (Å²) in [5.74, 6) is -0.313. The number of hydrogen-bond donors (Lipinski definition) is 1. The van der Waals surface area contributed by atoms with Gasteiger partial charge in [-0.15, -0.1) is 4.40 Å². The van der Waals surface area contributed by atoms with Gasteiger partial charge < -0.3 is 10.5 Å². The summed E-state index contributed by atoms with van der Waals surface area (Å²) in [4.78, 5) is 0. The van der Waals surface area contributed by atoms with E-state index in [0.717, 1.165) is 16.1 Å². The van der Waals surface area contributed by atoms with Crippen LogP contribution in [0.1, 0.15) is 5.56 Å². The van der Waals surface area contributed by atoms with Crippen molar-refractivity contribution in [2.75, 3.05) is 6.73 Å². The molecule has 0 bridgehead atoms. The molecule has 1 heterocycles. The van der Waals surface area contributed by atoms with Crippen LogP contribution in [0.3, 0.4) is 0 Å². The SMILES string of the molecule is N#CC1=CN(COCc2ccccc2)S(=O)(=O)N=C1N. The maximum atomic E-state index is 11.7. The summed E-state index contributed by atoms with van der Waals surface area (Å²) < 4.78 is 32.9. The Hall–Kier alpha value is -2.37. The van der Waals surface area contributed by atoms with E-state index in [1.165, 1.54) is 0 Å². The van der Waals surface area contributed by atoms with Gasteiger partial charge in [0.05, 0.1) is 6.61 Å². The van der Waals surface area contributed by atoms with Crippen LogP contribution in [0.25, 0.3) is 0 Å². The Bertz CT molecular complexity index is 689. The molecular weight excluding hydrogens is 280 g/mol. The zero-order valence-electron chi connectivity index (χ0n) is 10.4. The minimum absolute atomic E-state index is 0.0110. The van der Waals surface area contributed by atoms with Crippen molar-refractivity contribution in [2.45, 2.75) is 6.61 Å². The molecule has 0 aliphatic carbocycles. The molecule has 0 saturated carbocycles. The van der Waals surface area contributed by atoms with Crippen molar-refractivity contribution in [3.05, 3.63) is 47.7 Å². The molecule has 20 heavy (non-hydrogen) atoms. The molecule has 7 nitrogen and oxygen atoms in total. The van der Waals surface area contributed by atoms with Crippen molar-refractivity contribution in [2.24, 2.45) is 10.1 Å². The van der Waals surface area contributed by atoms with Crippen molar-refractivity contribution < 1.29 is 13.2 Å². The molecule has 0 atom stereocenters. The Kier molecular flexibility index (Phi) is 4.02. The molecule has 0 saturated heterocycles. The molecular formula is C12H12N4O3S. The van der Waals surface area contributed by atoms with Crippen LogP contribution in [-0.2, 0) is 21.6 Å². The zero-order chi connectivity index (χ0) is 14.6. The summed E-state index contributed by atoms with van der Waals surface area (Å²) in [6, 6.07) is 11.1. The Morgan fingerprint density at radius 1 is 1.35 bits per heavy atom. The van der Waals surface area contributed by atoms with Crippen LogP contribution >= 0.6 is 0 Å². The molecule has 1 aromatic rings. The summed E-state index contributed by atoms with van der Waals surface area (Å²) >= 11 is 0. The second-order valence-corrected chi connectivity index (χ2v) is 5.51. The van der Waals surface area contributed by atoms with Gasteiger partial charge in [0.1, 0.15) is 18.4 Å². The first-order valence-electron chi connectivity index (χ1n) is 5.64. The molecule has 0 spiro atoms. The predicted molar refractivity (Wildman–Crippen MR) is 72.2 cm³/mol. The molecule has 1 aromatic carbocycles. The fraction of sp³-hybridized carbons (Fsp3) is 0.167. The number of amidine groups is 1. The third kappa shape index (κ3) is 3.14. The second kappa shape index (κ2) is 5.73. The summed E-state index contributed by atoms with van der Waals surface area (Å²) in [5.41, 5.74) is 6.26. The molecule has 2 N–H and O–H groups in total. The highest BCUT2D eigenvalue weighted by molar-refractivity contribution is 7.88. The summed E-state index contributed by atoms with van der Waals surface area (Å²) in [5, 5.41) is 8.81. The van der Waals surface area contributed by atoms with Crippen LogP contribution < -0.4 is 5.73 Å². The van der Waals surface area contributed by atoms with E-state index in [2.05, 4.69) is 4.40 Å². The first-order chi connectivity index (χ1) is 9.53. The Morgan fingerprint density at radius 2 is 2.05 bits per heavy atom. The number of nitrogens with zero attached hydrogens (tertiary/aromatic N) is 3. The molecule has 0 unspecified atom stereocenters. The van der Waals surface area contributed by atoms with Crippen LogP contribution in [0, 0.1) is 11.3 Å². The Labute approximate surface area is 116 Å². The van der Waals surface area contributed by atoms with E-state index in [9.17, 15) is 8.42 Å². The van der Waals surface area contributed by atoms with Crippen LogP contribution in [0.2, 0.25) is 0 Å². The first kappa shape index (κ1) is 14.0. The smallest absolute Gasteiger partial charge is 0.348 e. The van der Waals surface area contributed by atoms with Crippen LogP contribution in [0.15, 0.2) is 46.5 Å². The van der Waals surface area contributed by atoms with E-state index in [1.807, 2.05) is 30.3 Å². The number of nitriles is 1. The molecule has 0 aromatic heterocycles. The van der Waals surface area contributed by atoms with Gasteiger partial charge in [0.2, 0.25) is 0 Å². The Balaban J connectivity index is 2.03. The third-order valence-electron chi connectivity index (χ3n) is 2.51. The number of nitrogens with two attached hydrogens (primary N) is 1. The van der Waals surface area contributed by atoms with E-state index in [0.29, 0.717) is 0 Å². The van der Waals surface area contributed by atoms with E-state index in [4.69, 9.17) is 15.7 Å². The summed E-state index contributed by atoms with van der Waals surface area (Å²) in [7, 11) is -3.93. The Morgan fingerprint density at radius 3 is 2.70 bits per heavy atom. The quantitative estimate of drug-likeness (QED) is 0.868. The molecule has 0 fully saturated rings. The molecule has 2 rings (SSSR count). The topological polar surface area (TPSA) is 109 Å². The lowest BCUT2D eigenvalue weighted by atomic mass is 10.2. The number of benzene rings is 1. The predicted octanol–water partition coefficient (Wildman–Crippen LogP) is 0.486. The van der Waals surface area contributed by atoms with E-state index in [1.54, 1.807) is 6.07 Å². The van der Waals surface area contributed by atoms with E-state index in [-0.39, 0.29) is 24.7 Å². The molecule has 1 aliphatic heterocycles. The highest BCUT2D eigenvalue weighted by atomic mass is 32.2. The highest BCUT2D eigenvalue weighted by Crippen LogP contribution is 2.14. The molecule has 8 heteroatoms. The van der Waals surface area contributed by atoms with Gasteiger partial charge in [-0.1, -0.05) is 30.3 Å². The van der Waals surface area contributed by atoms with Gasteiger partial charge in [-0.3, -0.25) is 0 Å². The average Bonchev–Trinajstić information content (AvgIpc) is 2.42. The van der Waals surface area contributed by atoms with Crippen molar-refractivity contribution in [1.82, 2.24) is 4.31 Å². The van der Waals surface area contributed by atoms with Gasteiger partial charge in [-0.2, -0.15) is 13.7 Å². The normalized spacial score (nSPS) is 17.1. The maximum absolute atomic E-state index is 11.7. The van der Waals surface area contributed by atoms with Gasteiger partial charge in [0.25, 0.3) is 0 Å². The van der Waals surface area contributed by atoms with E-state index >= 15 is 0 Å². The standard InChI is InChI=1S/C12H12N4O3S/c13-6-11-7-16(20(17,18)15-12(11)14)9-19-8-10-4-2-1-3-5-10/h1-5,7H,8-9H2,(H2,14,15). The lowest BCUT2D eigenvalue weighted by molar-refractivity contribution is 0.0760. The van der Waals surface area contributed by atoms with Gasteiger partial charge in [-0.25, -0.2) is 4.31 Å². The van der Waals surface area contributed by atoms with Crippen molar-refractivity contribution >= 4 is 16.0 Å². The van der Waals surface area contributed by atoms with Crippen molar-refractivity contribution in [3.63, 3.8) is 0 Å². The minimum Gasteiger partial charge on any atom is -0.382 e. The largest absolute Gasteiger partial charge is 0.382 e. The van der Waals surface area contributed by atoms with Crippen molar-refractivity contribution in [3.8, 4) is 6.07 Å². The number of rotatable bonds is 4. The summed E-state index contributed by atoms with van der Waals surface area (Å²) in [6.45, 7) is 0.0149. The zero-order valence-corrected chi connectivity index (χ0v) is 11.2. The average molecular weight is 292 g/mol. The number of hydrogen-bond acceptors (Lipinski definition) is 5. The summed E-state index contributed by atoms with van der Waals surface area (Å²) in [6.07, 6.45) is 1.11. The minimum atomic E-state index is -3.93. The fourth-order valence-electron chi connectivity index (χ4n) is 1.52. The van der Waals surface area contributed by atoms with E-state index < -0.39 is 10.2 Å². The maximum Gasteiger partial charge on any atom is 0.348 e. The lowest BCUT2D eigenvalue weighted by Crippen LogP contribution is -2.34. The first-order valence-corrected chi connectivity index (χ1v) is 7.04. The monoisotopic (exact) mass is 292 g/mol. The highest BCUT2D eigenvalue weighted by Gasteiger charge is 2.25. The molecule has 0 amide bonds. The molecule has 0 radical (unpaired) electrons. The fourth-order valence-corrected chi connectivity index (χ4v) is 2.42. The second-order valence-electron chi connectivity index (χ2n) is 3.96. The lowest BCUT2D eigenvalue weighted by Gasteiger charge is -2.21. The molecule has 104 valence electrons. The van der Waals surface area contributed by atoms with Crippen LogP contribution in [-0.4, -0.2) is 25.3 Å². The van der Waals surface area contributed by atoms with Gasteiger partial charge in [-0.05, 0) is 5.56 Å². The third-order valence-corrected chi connectivity index (χ3v) is 3.74. The van der Waals surface area contributed by atoms with Crippen LogP contribution in [0.5, 0.6) is 0 Å². The van der Waals surface area contributed by atoms with Crippen molar-refractivity contribution in [1.29, 1.82) is 5.26 Å². The van der Waals surface area contributed by atoms with Gasteiger partial charge >= 0.3 is 10.2 Å². The van der Waals surface area contributed by atoms with Gasteiger partial charge in [0.15, 0.2) is 5.84 Å². The molecule has 1 aliphatic rings. The van der Waals surface area contributed by atoms with Crippen LogP contribution in [0.4, 0.5) is 0 Å². The number of ether oxygens (including phenoxy) is 1. The van der Waals surface area contributed by atoms with Gasteiger partial charge in [0, 0.05) is 6.20 Å².